The van der Waals surface area contributed by atoms with E-state index in [1.54, 1.807) is 30.5 Å². The zero-order valence-electron chi connectivity index (χ0n) is 13.5. The summed E-state index contributed by atoms with van der Waals surface area (Å²) in [4.78, 5) is 4.35. The van der Waals surface area contributed by atoms with Gasteiger partial charge in [-0.05, 0) is 24.4 Å². The molecule has 0 bridgehead atoms. The Balaban J connectivity index is 2.29. The van der Waals surface area contributed by atoms with Crippen molar-refractivity contribution in [1.82, 2.24) is 4.98 Å². The summed E-state index contributed by atoms with van der Waals surface area (Å²) >= 11 is 0. The van der Waals surface area contributed by atoms with Crippen LogP contribution in [0.25, 0.3) is 11.3 Å². The predicted octanol–water partition coefficient (Wildman–Crippen LogP) is 4.18. The number of rotatable bonds is 2. The maximum Gasteiger partial charge on any atom is 0.0702 e. The molecule has 2 rings (SSSR count). The van der Waals surface area contributed by atoms with Crippen molar-refractivity contribution in [1.29, 1.82) is 0 Å². The first kappa shape index (κ1) is 6.85. The van der Waals surface area contributed by atoms with Crippen LogP contribution in [0, 0.1) is 6.85 Å². The number of nitrogens with zero attached hydrogens (tertiary/aromatic N) is 1. The Morgan fingerprint density at radius 1 is 1.12 bits per heavy atom. The highest BCUT2D eigenvalue weighted by Gasteiger charge is 2.01. The molecule has 0 radical (unpaired) electrons. The highest BCUT2D eigenvalue weighted by Crippen LogP contribution is 2.20. The third-order valence-electron chi connectivity index (χ3n) is 2.52. The molecule has 0 atom stereocenters. The smallest absolute Gasteiger partial charge is 0.0702 e. The minimum Gasteiger partial charge on any atom is -0.256 e. The van der Waals surface area contributed by atoms with E-state index in [1.165, 1.54) is 0 Å². The quantitative estimate of drug-likeness (QED) is 0.732. The summed E-state index contributed by atoms with van der Waals surface area (Å²) in [6.45, 7) is 1.55. The number of aryl methyl sites for hydroxylation is 1. The van der Waals surface area contributed by atoms with E-state index in [4.69, 9.17) is 5.48 Å². The Morgan fingerprint density at radius 3 is 2.38 bits per heavy atom. The van der Waals surface area contributed by atoms with Crippen molar-refractivity contribution in [2.45, 2.75) is 26.6 Å². The van der Waals surface area contributed by atoms with Crippen LogP contribution in [0.3, 0.4) is 0 Å². The van der Waals surface area contributed by atoms with Crippen molar-refractivity contribution in [3.8, 4) is 11.3 Å². The van der Waals surface area contributed by atoms with E-state index < -0.39 is 12.7 Å². The van der Waals surface area contributed by atoms with Crippen LogP contribution in [-0.4, -0.2) is 4.98 Å². The molecule has 16 heavy (non-hydrogen) atoms. The lowest BCUT2D eigenvalue weighted by Gasteiger charge is -2.06. The van der Waals surface area contributed by atoms with Gasteiger partial charge in [-0.15, -0.1) is 0 Å². The summed E-state index contributed by atoms with van der Waals surface area (Å²) in [6, 6.07) is 10.5. The number of aromatic nitrogens is 1. The van der Waals surface area contributed by atoms with Crippen LogP contribution in [0.1, 0.15) is 36.4 Å². The minimum atomic E-state index is -2.08. The van der Waals surface area contributed by atoms with E-state index in [0.29, 0.717) is 5.56 Å². The van der Waals surface area contributed by atoms with E-state index in [9.17, 15) is 0 Å². The fraction of sp³-hybridized carbons (Fsp3) is 0.267. The second-order valence-electron chi connectivity index (χ2n) is 4.01. The number of benzene rings is 1. The fourth-order valence-corrected chi connectivity index (χ4v) is 1.50. The van der Waals surface area contributed by atoms with Gasteiger partial charge in [-0.3, -0.25) is 4.98 Å². The highest BCUT2D eigenvalue weighted by molar-refractivity contribution is 5.59. The van der Waals surface area contributed by atoms with Crippen molar-refractivity contribution in [3.05, 3.63) is 53.7 Å². The molecule has 1 aromatic heterocycles. The molecular weight excluding hydrogens is 194 g/mol. The van der Waals surface area contributed by atoms with Gasteiger partial charge in [0.2, 0.25) is 0 Å². The van der Waals surface area contributed by atoms with E-state index in [1.807, 2.05) is 26.0 Å². The lowest BCUT2D eigenvalue weighted by atomic mass is 10.0. The minimum absolute atomic E-state index is 0.324. The number of hydrogen-bond donors (Lipinski definition) is 0. The molecule has 82 valence electrons. The van der Waals surface area contributed by atoms with Crippen molar-refractivity contribution >= 4 is 0 Å². The van der Waals surface area contributed by atoms with Crippen molar-refractivity contribution in [3.63, 3.8) is 0 Å². The van der Waals surface area contributed by atoms with Crippen LogP contribution < -0.4 is 0 Å². The first-order chi connectivity index (χ1) is 9.18. The first-order valence-electron chi connectivity index (χ1n) is 7.25. The van der Waals surface area contributed by atoms with Gasteiger partial charge in [0.05, 0.1) is 5.69 Å². The van der Waals surface area contributed by atoms with Gasteiger partial charge in [-0.2, -0.15) is 0 Å². The van der Waals surface area contributed by atoms with Gasteiger partial charge >= 0.3 is 0 Å². The molecule has 1 nitrogen and oxygen atoms in total. The summed E-state index contributed by atoms with van der Waals surface area (Å²) in [5, 5.41) is 0. The summed E-state index contributed by atoms with van der Waals surface area (Å²) in [5.41, 5.74) is 2.81. The van der Waals surface area contributed by atoms with E-state index in [0.717, 1.165) is 16.8 Å². The van der Waals surface area contributed by atoms with Crippen LogP contribution in [0.15, 0.2) is 42.6 Å². The van der Waals surface area contributed by atoms with Gasteiger partial charge < -0.3 is 0 Å². The van der Waals surface area contributed by atoms with Crippen molar-refractivity contribution in [2.75, 3.05) is 0 Å². The van der Waals surface area contributed by atoms with E-state index in [-0.39, 0.29) is 0 Å². The summed E-state index contributed by atoms with van der Waals surface area (Å²) in [6.07, 6.45) is 1.69. The molecule has 1 heterocycles. The summed E-state index contributed by atoms with van der Waals surface area (Å²) < 4.78 is 30.0. The van der Waals surface area contributed by atoms with Gasteiger partial charge in [0.15, 0.2) is 0 Å². The standard InChI is InChI=1S/C15H17N/c1-11(2)14-8-9-15(16-10-14)13-6-4-12(3)5-7-13/h4-11H,1-3H3/i3D3,11D. The third kappa shape index (κ3) is 2.30. The normalized spacial score (nSPS) is 15.9. The largest absolute Gasteiger partial charge is 0.256 e. The van der Waals surface area contributed by atoms with Crippen LogP contribution in [0.4, 0.5) is 0 Å². The lowest BCUT2D eigenvalue weighted by molar-refractivity contribution is 0.859. The molecule has 1 aromatic carbocycles. The van der Waals surface area contributed by atoms with Crippen LogP contribution >= 0.6 is 0 Å². The first-order valence-corrected chi connectivity index (χ1v) is 5.25. The molecule has 0 unspecified atom stereocenters. The van der Waals surface area contributed by atoms with Crippen LogP contribution in [0.5, 0.6) is 0 Å². The lowest BCUT2D eigenvalue weighted by Crippen LogP contribution is -1.90. The molecule has 0 aliphatic rings. The van der Waals surface area contributed by atoms with Gasteiger partial charge in [-0.1, -0.05) is 49.7 Å². The SMILES string of the molecule is [2H]C([2H])([2H])c1ccc(-c2ccc(C([2H])(C)C)cn2)cc1. The highest BCUT2D eigenvalue weighted by atomic mass is 14.7. The number of pyridine rings is 1. The van der Waals surface area contributed by atoms with Gasteiger partial charge in [0.25, 0.3) is 0 Å². The molecular formula is C15H17N. The molecule has 2 aromatic rings. The van der Waals surface area contributed by atoms with E-state index in [2.05, 4.69) is 4.98 Å². The maximum absolute atomic E-state index is 7.94. The molecule has 0 amide bonds. The van der Waals surface area contributed by atoms with Gasteiger partial charge in [0, 0.05) is 17.2 Å². The zero-order chi connectivity index (χ0) is 15.0. The van der Waals surface area contributed by atoms with Gasteiger partial charge in [-0.25, -0.2) is 0 Å². The Morgan fingerprint density at radius 2 is 1.88 bits per heavy atom. The van der Waals surface area contributed by atoms with Crippen molar-refractivity contribution < 1.29 is 5.48 Å². The summed E-state index contributed by atoms with van der Waals surface area (Å²) in [5.74, 6) is -0.670. The van der Waals surface area contributed by atoms with E-state index >= 15 is 0 Å². The summed E-state index contributed by atoms with van der Waals surface area (Å²) in [7, 11) is 0. The Labute approximate surface area is 103 Å². The third-order valence-corrected chi connectivity index (χ3v) is 2.52. The van der Waals surface area contributed by atoms with Crippen LogP contribution in [0.2, 0.25) is 0 Å². The second kappa shape index (κ2) is 4.48. The Hall–Kier alpha value is -1.63. The average Bonchev–Trinajstić information content (AvgIpc) is 2.37. The Kier molecular flexibility index (Phi) is 1.92. The monoisotopic (exact) mass is 215 g/mol. The zero-order valence-corrected chi connectivity index (χ0v) is 9.49. The molecule has 0 aliphatic carbocycles. The topological polar surface area (TPSA) is 12.9 Å². The maximum atomic E-state index is 7.94. The molecule has 0 spiro atoms. The van der Waals surface area contributed by atoms with Crippen molar-refractivity contribution in [2.24, 2.45) is 0 Å². The fourth-order valence-electron chi connectivity index (χ4n) is 1.50. The molecule has 1 heteroatoms. The number of hydrogen-bond acceptors (Lipinski definition) is 1. The van der Waals surface area contributed by atoms with Gasteiger partial charge in [0.1, 0.15) is 0 Å². The molecule has 0 aliphatic heterocycles. The second-order valence-corrected chi connectivity index (χ2v) is 4.01. The Bertz CT molecular complexity index is 522. The molecule has 0 saturated carbocycles. The average molecular weight is 215 g/mol. The molecule has 0 saturated heterocycles. The predicted molar refractivity (Wildman–Crippen MR) is 68.5 cm³/mol. The molecule has 0 fully saturated rings. The molecule has 0 N–H and O–H groups in total. The van der Waals surface area contributed by atoms with Crippen LogP contribution in [-0.2, 0) is 0 Å².